The number of halogens is 1. The van der Waals surface area contributed by atoms with Crippen LogP contribution in [-0.2, 0) is 22.4 Å². The van der Waals surface area contributed by atoms with E-state index in [4.69, 9.17) is 16.3 Å². The lowest BCUT2D eigenvalue weighted by Gasteiger charge is -2.40. The number of aromatic nitrogens is 2. The van der Waals surface area contributed by atoms with Crippen LogP contribution in [-0.4, -0.2) is 41.0 Å². The predicted molar refractivity (Wildman–Crippen MR) is 85.5 cm³/mol. The van der Waals surface area contributed by atoms with Crippen molar-refractivity contribution < 1.29 is 9.53 Å². The van der Waals surface area contributed by atoms with E-state index in [0.29, 0.717) is 25.3 Å². The fourth-order valence-corrected chi connectivity index (χ4v) is 3.75. The van der Waals surface area contributed by atoms with E-state index in [1.54, 1.807) is 7.11 Å². The van der Waals surface area contributed by atoms with Crippen LogP contribution in [0.5, 0.6) is 0 Å². The molecule has 2 aliphatic rings. The smallest absolute Gasteiger partial charge is 0.224 e. The Morgan fingerprint density at radius 1 is 1.45 bits per heavy atom. The normalized spacial score (nSPS) is 27.3. The summed E-state index contributed by atoms with van der Waals surface area (Å²) in [6, 6.07) is 0. The summed E-state index contributed by atoms with van der Waals surface area (Å²) in [6.45, 7) is 6.91. The van der Waals surface area contributed by atoms with Gasteiger partial charge in [-0.15, -0.1) is 0 Å². The topological polar surface area (TPSA) is 55.3 Å². The highest BCUT2D eigenvalue weighted by Gasteiger charge is 2.51. The second-order valence-corrected chi connectivity index (χ2v) is 7.22. The first kappa shape index (κ1) is 15.7. The molecule has 0 aliphatic carbocycles. The number of ketones is 1. The molecule has 6 heteroatoms. The van der Waals surface area contributed by atoms with Crippen LogP contribution in [0.1, 0.15) is 38.4 Å². The van der Waals surface area contributed by atoms with Crippen LogP contribution in [0.15, 0.2) is 0 Å². The summed E-state index contributed by atoms with van der Waals surface area (Å²) in [6.07, 6.45) is 1.93. The standard InChI is InChI=1S/C16H22ClN3O2/c1-9(2)5-12-11-6-13(21)16(3)7-10(22-4)8-20(16)14(11)19-15(17)18-12/h9-10H,5-8H2,1-4H3/t10-,16-/m1/s1. The van der Waals surface area contributed by atoms with Crippen molar-refractivity contribution in [3.63, 3.8) is 0 Å². The molecule has 1 aromatic rings. The SMILES string of the molecule is CO[C@H]1CN2c3nc(Cl)nc(CC(C)C)c3CC(=O)[C@@]2(C)C1. The molecule has 1 fully saturated rings. The van der Waals surface area contributed by atoms with E-state index < -0.39 is 5.54 Å². The Morgan fingerprint density at radius 2 is 2.18 bits per heavy atom. The molecule has 2 aliphatic heterocycles. The van der Waals surface area contributed by atoms with Crippen molar-refractivity contribution in [1.82, 2.24) is 9.97 Å². The molecule has 0 unspecified atom stereocenters. The third-order valence-electron chi connectivity index (χ3n) is 4.78. The van der Waals surface area contributed by atoms with Crippen LogP contribution in [0.3, 0.4) is 0 Å². The van der Waals surface area contributed by atoms with Gasteiger partial charge in [0.25, 0.3) is 0 Å². The second-order valence-electron chi connectivity index (χ2n) is 6.89. The fourth-order valence-electron chi connectivity index (χ4n) is 3.56. The summed E-state index contributed by atoms with van der Waals surface area (Å²) in [7, 11) is 1.69. The lowest BCUT2D eigenvalue weighted by molar-refractivity contribution is -0.123. The van der Waals surface area contributed by atoms with Gasteiger partial charge < -0.3 is 9.64 Å². The van der Waals surface area contributed by atoms with Gasteiger partial charge >= 0.3 is 0 Å². The molecule has 1 saturated heterocycles. The largest absolute Gasteiger partial charge is 0.380 e. The first-order valence-electron chi connectivity index (χ1n) is 7.74. The summed E-state index contributed by atoms with van der Waals surface area (Å²) < 4.78 is 5.49. The molecule has 0 bridgehead atoms. The number of anilines is 1. The second kappa shape index (κ2) is 5.46. The van der Waals surface area contributed by atoms with Gasteiger partial charge in [0, 0.05) is 32.1 Å². The van der Waals surface area contributed by atoms with Crippen LogP contribution in [0.2, 0.25) is 5.28 Å². The molecule has 120 valence electrons. The van der Waals surface area contributed by atoms with Gasteiger partial charge in [-0.05, 0) is 30.9 Å². The maximum atomic E-state index is 12.8. The average molecular weight is 324 g/mol. The Labute approximate surface area is 136 Å². The van der Waals surface area contributed by atoms with Gasteiger partial charge in [0.05, 0.1) is 11.8 Å². The van der Waals surface area contributed by atoms with E-state index in [0.717, 1.165) is 23.5 Å². The Morgan fingerprint density at radius 3 is 2.82 bits per heavy atom. The Balaban J connectivity index is 2.10. The van der Waals surface area contributed by atoms with Crippen molar-refractivity contribution >= 4 is 23.2 Å². The van der Waals surface area contributed by atoms with Crippen molar-refractivity contribution in [1.29, 1.82) is 0 Å². The molecule has 0 N–H and O–H groups in total. The van der Waals surface area contributed by atoms with Crippen LogP contribution >= 0.6 is 11.6 Å². The molecular weight excluding hydrogens is 302 g/mol. The van der Waals surface area contributed by atoms with Crippen LogP contribution in [0, 0.1) is 5.92 Å². The van der Waals surface area contributed by atoms with Gasteiger partial charge in [-0.3, -0.25) is 4.79 Å². The third kappa shape index (κ3) is 2.40. The number of methoxy groups -OCH3 is 1. The Hall–Kier alpha value is -1.20. The molecular formula is C16H22ClN3O2. The van der Waals surface area contributed by atoms with Gasteiger partial charge in [0.1, 0.15) is 11.4 Å². The Kier molecular flexibility index (Phi) is 3.89. The summed E-state index contributed by atoms with van der Waals surface area (Å²) >= 11 is 6.14. The fraction of sp³-hybridized carbons (Fsp3) is 0.688. The summed E-state index contributed by atoms with van der Waals surface area (Å²) in [5.41, 5.74) is 1.30. The van der Waals surface area contributed by atoms with E-state index in [1.165, 1.54) is 0 Å². The highest BCUT2D eigenvalue weighted by molar-refractivity contribution is 6.28. The maximum absolute atomic E-state index is 12.8. The molecule has 0 radical (unpaired) electrons. The van der Waals surface area contributed by atoms with Crippen LogP contribution in [0.4, 0.5) is 5.82 Å². The van der Waals surface area contributed by atoms with Gasteiger partial charge in [-0.1, -0.05) is 13.8 Å². The first-order valence-corrected chi connectivity index (χ1v) is 8.12. The summed E-state index contributed by atoms with van der Waals surface area (Å²) in [5, 5.41) is 0.256. The van der Waals surface area contributed by atoms with Crippen LogP contribution < -0.4 is 4.90 Å². The maximum Gasteiger partial charge on any atom is 0.224 e. The highest BCUT2D eigenvalue weighted by atomic mass is 35.5. The van der Waals surface area contributed by atoms with E-state index in [1.807, 2.05) is 6.92 Å². The lowest BCUT2D eigenvalue weighted by Crippen LogP contribution is -2.52. The number of carbonyl (C=O) groups excluding carboxylic acids is 1. The molecule has 0 aromatic carbocycles. The molecule has 5 nitrogen and oxygen atoms in total. The van der Waals surface area contributed by atoms with Gasteiger partial charge in [0.2, 0.25) is 5.28 Å². The number of nitrogens with zero attached hydrogens (tertiary/aromatic N) is 3. The van der Waals surface area contributed by atoms with Crippen LogP contribution in [0.25, 0.3) is 0 Å². The Bertz CT molecular complexity index is 620. The first-order chi connectivity index (χ1) is 10.3. The monoisotopic (exact) mass is 323 g/mol. The van der Waals surface area contributed by atoms with Gasteiger partial charge in [-0.25, -0.2) is 9.97 Å². The number of ether oxygens (including phenoxy) is 1. The number of carbonyl (C=O) groups is 1. The summed E-state index contributed by atoms with van der Waals surface area (Å²) in [4.78, 5) is 23.7. The quantitative estimate of drug-likeness (QED) is 0.800. The number of hydrogen-bond acceptors (Lipinski definition) is 5. The van der Waals surface area contributed by atoms with E-state index in [-0.39, 0.29) is 17.2 Å². The van der Waals surface area contributed by atoms with Gasteiger partial charge in [-0.2, -0.15) is 0 Å². The van der Waals surface area contributed by atoms with Crippen molar-refractivity contribution in [2.24, 2.45) is 5.92 Å². The predicted octanol–water partition coefficient (Wildman–Crippen LogP) is 2.44. The molecule has 0 spiro atoms. The van der Waals surface area contributed by atoms with E-state index in [9.17, 15) is 4.79 Å². The van der Waals surface area contributed by atoms with E-state index in [2.05, 4.69) is 28.7 Å². The third-order valence-corrected chi connectivity index (χ3v) is 4.95. The zero-order valence-electron chi connectivity index (χ0n) is 13.5. The number of rotatable bonds is 3. The van der Waals surface area contributed by atoms with Gasteiger partial charge in [0.15, 0.2) is 5.78 Å². The van der Waals surface area contributed by atoms with Crippen molar-refractivity contribution in [3.05, 3.63) is 16.5 Å². The molecule has 3 heterocycles. The number of fused-ring (bicyclic) bond motifs is 3. The summed E-state index contributed by atoms with van der Waals surface area (Å²) in [5.74, 6) is 1.48. The minimum absolute atomic E-state index is 0.0437. The highest BCUT2D eigenvalue weighted by Crippen LogP contribution is 2.42. The zero-order chi connectivity index (χ0) is 16.1. The number of hydrogen-bond donors (Lipinski definition) is 0. The molecule has 1 aromatic heterocycles. The molecule has 0 saturated carbocycles. The van der Waals surface area contributed by atoms with E-state index >= 15 is 0 Å². The zero-order valence-corrected chi connectivity index (χ0v) is 14.3. The minimum atomic E-state index is -0.541. The van der Waals surface area contributed by atoms with Crippen molar-refractivity contribution in [2.45, 2.75) is 51.7 Å². The molecule has 22 heavy (non-hydrogen) atoms. The van der Waals surface area contributed by atoms with Crippen molar-refractivity contribution in [3.8, 4) is 0 Å². The number of Topliss-reactive ketones (excluding diaryl/α,β-unsaturated/α-hetero) is 1. The molecule has 0 amide bonds. The average Bonchev–Trinajstić information content (AvgIpc) is 2.79. The lowest BCUT2D eigenvalue weighted by atomic mass is 9.84. The molecule has 3 rings (SSSR count). The minimum Gasteiger partial charge on any atom is -0.380 e. The van der Waals surface area contributed by atoms with Crippen molar-refractivity contribution in [2.75, 3.05) is 18.6 Å². The molecule has 2 atom stereocenters.